The molecule has 1 aromatic carbocycles. The van der Waals surface area contributed by atoms with Gasteiger partial charge in [-0.1, -0.05) is 12.1 Å². The summed E-state index contributed by atoms with van der Waals surface area (Å²) in [5, 5.41) is 17.9. The van der Waals surface area contributed by atoms with Crippen LogP contribution in [0.3, 0.4) is 0 Å². The maximum Gasteiger partial charge on any atom is 0.488 e. The summed E-state index contributed by atoms with van der Waals surface area (Å²) in [6, 6.07) is 7.46. The molecular weight excluding hydrogens is 189 g/mol. The van der Waals surface area contributed by atoms with Crippen molar-refractivity contribution in [2.24, 2.45) is 0 Å². The molecule has 3 nitrogen and oxygen atoms in total. The summed E-state index contributed by atoms with van der Waals surface area (Å²) >= 11 is 0. The van der Waals surface area contributed by atoms with E-state index in [1.54, 1.807) is 12.1 Å². The van der Waals surface area contributed by atoms with Crippen molar-refractivity contribution in [3.63, 3.8) is 0 Å². The van der Waals surface area contributed by atoms with Gasteiger partial charge in [0.05, 0.1) is 0 Å². The average molecular weight is 205 g/mol. The van der Waals surface area contributed by atoms with Crippen LogP contribution in [0, 0.1) is 0 Å². The van der Waals surface area contributed by atoms with Crippen molar-refractivity contribution in [1.29, 1.82) is 0 Å². The maximum absolute atomic E-state index is 8.97. The van der Waals surface area contributed by atoms with Crippen LogP contribution in [0.2, 0.25) is 0 Å². The standard InChI is InChI=1S/C11H16BNO2/c14-12(15)10-4-6-11(7-5-10)13-8-2-1-3-9-13/h4-7,14-15H,1-3,8-9H2. The van der Waals surface area contributed by atoms with Gasteiger partial charge in [-0.3, -0.25) is 0 Å². The minimum absolute atomic E-state index is 0.552. The van der Waals surface area contributed by atoms with Crippen molar-refractivity contribution >= 4 is 18.3 Å². The molecule has 0 unspecified atom stereocenters. The maximum atomic E-state index is 8.97. The minimum atomic E-state index is -1.36. The third kappa shape index (κ3) is 2.52. The highest BCUT2D eigenvalue weighted by Gasteiger charge is 2.13. The molecular formula is C11H16BNO2. The lowest BCUT2D eigenvalue weighted by molar-refractivity contribution is 0.426. The fourth-order valence-corrected chi connectivity index (χ4v) is 2.01. The van der Waals surface area contributed by atoms with Crippen LogP contribution < -0.4 is 10.4 Å². The van der Waals surface area contributed by atoms with Crippen molar-refractivity contribution < 1.29 is 10.0 Å². The molecule has 15 heavy (non-hydrogen) atoms. The first-order chi connectivity index (χ1) is 7.27. The Balaban J connectivity index is 2.08. The fourth-order valence-electron chi connectivity index (χ4n) is 2.01. The van der Waals surface area contributed by atoms with Gasteiger partial charge in [0.2, 0.25) is 0 Å². The molecule has 0 aromatic heterocycles. The normalized spacial score (nSPS) is 16.5. The SMILES string of the molecule is OB(O)c1ccc(N2CCCCC2)cc1. The smallest absolute Gasteiger partial charge is 0.423 e. The molecule has 2 rings (SSSR count). The number of hydrogen-bond acceptors (Lipinski definition) is 3. The second-order valence-electron chi connectivity index (χ2n) is 4.01. The van der Waals surface area contributed by atoms with Crippen LogP contribution >= 0.6 is 0 Å². The summed E-state index contributed by atoms with van der Waals surface area (Å²) in [6.07, 6.45) is 3.83. The lowest BCUT2D eigenvalue weighted by Gasteiger charge is -2.28. The Hall–Kier alpha value is -0.995. The largest absolute Gasteiger partial charge is 0.488 e. The van der Waals surface area contributed by atoms with Crippen molar-refractivity contribution in [1.82, 2.24) is 0 Å². The fraction of sp³-hybridized carbons (Fsp3) is 0.455. The van der Waals surface area contributed by atoms with E-state index in [-0.39, 0.29) is 0 Å². The number of nitrogens with zero attached hydrogens (tertiary/aromatic N) is 1. The molecule has 1 aromatic rings. The Morgan fingerprint density at radius 3 is 2.07 bits per heavy atom. The monoisotopic (exact) mass is 205 g/mol. The third-order valence-corrected chi connectivity index (χ3v) is 2.91. The second kappa shape index (κ2) is 4.68. The van der Waals surface area contributed by atoms with Crippen molar-refractivity contribution in [2.75, 3.05) is 18.0 Å². The lowest BCUT2D eigenvalue weighted by Crippen LogP contribution is -2.32. The number of anilines is 1. The van der Waals surface area contributed by atoms with Gasteiger partial charge in [-0.25, -0.2) is 0 Å². The van der Waals surface area contributed by atoms with Crippen LogP contribution in [0.4, 0.5) is 5.69 Å². The van der Waals surface area contributed by atoms with Gasteiger partial charge in [0.15, 0.2) is 0 Å². The van der Waals surface area contributed by atoms with E-state index in [0.29, 0.717) is 5.46 Å². The predicted molar refractivity (Wildman–Crippen MR) is 62.3 cm³/mol. The number of benzene rings is 1. The van der Waals surface area contributed by atoms with Crippen LogP contribution in [-0.4, -0.2) is 30.3 Å². The van der Waals surface area contributed by atoms with E-state index in [0.717, 1.165) is 13.1 Å². The molecule has 0 aliphatic carbocycles. The molecule has 1 aliphatic heterocycles. The summed E-state index contributed by atoms with van der Waals surface area (Å²) < 4.78 is 0. The molecule has 1 aliphatic rings. The van der Waals surface area contributed by atoms with Gasteiger partial charge in [-0.2, -0.15) is 0 Å². The Morgan fingerprint density at radius 2 is 1.53 bits per heavy atom. The second-order valence-corrected chi connectivity index (χ2v) is 4.01. The Labute approximate surface area is 90.5 Å². The topological polar surface area (TPSA) is 43.7 Å². The molecule has 1 fully saturated rings. The van der Waals surface area contributed by atoms with Crippen molar-refractivity contribution in [3.8, 4) is 0 Å². The van der Waals surface area contributed by atoms with E-state index in [9.17, 15) is 0 Å². The van der Waals surface area contributed by atoms with Gasteiger partial charge in [0.25, 0.3) is 0 Å². The summed E-state index contributed by atoms with van der Waals surface area (Å²) in [5.74, 6) is 0. The van der Waals surface area contributed by atoms with Gasteiger partial charge in [0, 0.05) is 18.8 Å². The average Bonchev–Trinajstić information content (AvgIpc) is 2.30. The van der Waals surface area contributed by atoms with Crippen LogP contribution in [-0.2, 0) is 0 Å². The molecule has 0 saturated carbocycles. The molecule has 0 amide bonds. The first-order valence-electron chi connectivity index (χ1n) is 5.48. The highest BCUT2D eigenvalue weighted by atomic mass is 16.4. The molecule has 4 heteroatoms. The highest BCUT2D eigenvalue weighted by molar-refractivity contribution is 6.58. The zero-order valence-corrected chi connectivity index (χ0v) is 8.76. The molecule has 0 bridgehead atoms. The number of piperidine rings is 1. The Kier molecular flexibility index (Phi) is 3.28. The van der Waals surface area contributed by atoms with Crippen LogP contribution in [0.15, 0.2) is 24.3 Å². The zero-order valence-electron chi connectivity index (χ0n) is 8.76. The van der Waals surface area contributed by atoms with Gasteiger partial charge >= 0.3 is 7.12 Å². The Morgan fingerprint density at radius 1 is 0.933 bits per heavy atom. The minimum Gasteiger partial charge on any atom is -0.423 e. The van der Waals surface area contributed by atoms with Crippen LogP contribution in [0.1, 0.15) is 19.3 Å². The summed E-state index contributed by atoms with van der Waals surface area (Å²) in [4.78, 5) is 2.34. The first-order valence-corrected chi connectivity index (χ1v) is 5.48. The van der Waals surface area contributed by atoms with Gasteiger partial charge in [-0.05, 0) is 36.9 Å². The Bertz CT molecular complexity index is 307. The lowest BCUT2D eigenvalue weighted by atomic mass is 9.80. The van der Waals surface area contributed by atoms with Gasteiger partial charge in [0.1, 0.15) is 0 Å². The van der Waals surface area contributed by atoms with E-state index in [1.165, 1.54) is 24.9 Å². The van der Waals surface area contributed by atoms with E-state index in [2.05, 4.69) is 4.90 Å². The molecule has 0 radical (unpaired) electrons. The molecule has 1 saturated heterocycles. The third-order valence-electron chi connectivity index (χ3n) is 2.91. The summed E-state index contributed by atoms with van der Waals surface area (Å²) in [6.45, 7) is 2.22. The van der Waals surface area contributed by atoms with E-state index < -0.39 is 7.12 Å². The van der Waals surface area contributed by atoms with Crippen LogP contribution in [0.25, 0.3) is 0 Å². The van der Waals surface area contributed by atoms with Gasteiger partial charge in [-0.15, -0.1) is 0 Å². The molecule has 2 N–H and O–H groups in total. The molecule has 1 heterocycles. The highest BCUT2D eigenvalue weighted by Crippen LogP contribution is 2.18. The van der Waals surface area contributed by atoms with E-state index in [1.807, 2.05) is 12.1 Å². The van der Waals surface area contributed by atoms with Crippen molar-refractivity contribution in [3.05, 3.63) is 24.3 Å². The molecule has 0 spiro atoms. The van der Waals surface area contributed by atoms with E-state index in [4.69, 9.17) is 10.0 Å². The summed E-state index contributed by atoms with van der Waals surface area (Å²) in [7, 11) is -1.36. The quantitative estimate of drug-likeness (QED) is 0.685. The number of hydrogen-bond donors (Lipinski definition) is 2. The number of rotatable bonds is 2. The van der Waals surface area contributed by atoms with E-state index >= 15 is 0 Å². The van der Waals surface area contributed by atoms with Crippen LogP contribution in [0.5, 0.6) is 0 Å². The molecule has 0 atom stereocenters. The van der Waals surface area contributed by atoms with Crippen molar-refractivity contribution in [2.45, 2.75) is 19.3 Å². The predicted octanol–water partition coefficient (Wildman–Crippen LogP) is 0.357. The zero-order chi connectivity index (χ0) is 10.7. The van der Waals surface area contributed by atoms with Gasteiger partial charge < -0.3 is 14.9 Å². The first kappa shape index (κ1) is 10.5. The summed E-state index contributed by atoms with van der Waals surface area (Å²) in [5.41, 5.74) is 1.73. The molecule has 80 valence electrons.